The first-order chi connectivity index (χ1) is 7.29. The molecule has 1 fully saturated rings. The van der Waals surface area contributed by atoms with Crippen LogP contribution in [0.5, 0.6) is 0 Å². The van der Waals surface area contributed by atoms with Gasteiger partial charge in [-0.2, -0.15) is 4.98 Å². The van der Waals surface area contributed by atoms with Crippen LogP contribution in [0.4, 0.5) is 0 Å². The second-order valence-corrected chi connectivity index (χ2v) is 4.09. The Morgan fingerprint density at radius 2 is 2.40 bits per heavy atom. The number of aryl methyl sites for hydroxylation is 1. The van der Waals surface area contributed by atoms with E-state index >= 15 is 0 Å². The van der Waals surface area contributed by atoms with Gasteiger partial charge in [0.05, 0.1) is 6.54 Å². The van der Waals surface area contributed by atoms with Crippen molar-refractivity contribution < 1.29 is 4.52 Å². The number of likely N-dealkylation sites (tertiary alicyclic amines) is 1. The van der Waals surface area contributed by atoms with Crippen LogP contribution in [0.3, 0.4) is 0 Å². The van der Waals surface area contributed by atoms with E-state index in [2.05, 4.69) is 15.0 Å². The molecule has 2 rings (SSSR count). The highest BCUT2D eigenvalue weighted by Gasteiger charge is 2.22. The van der Waals surface area contributed by atoms with Crippen LogP contribution in [0.25, 0.3) is 0 Å². The minimum atomic E-state index is 0.484. The molecule has 0 aliphatic carbocycles. The third-order valence-corrected chi connectivity index (χ3v) is 2.94. The first kappa shape index (κ1) is 10.6. The number of nitrogens with two attached hydrogens (primary N) is 1. The number of piperidine rings is 1. The van der Waals surface area contributed by atoms with Gasteiger partial charge < -0.3 is 10.3 Å². The Bertz CT molecular complexity index is 312. The molecule has 1 saturated heterocycles. The Morgan fingerprint density at radius 3 is 3.07 bits per heavy atom. The zero-order chi connectivity index (χ0) is 10.7. The van der Waals surface area contributed by atoms with Gasteiger partial charge in [-0.1, -0.05) is 11.6 Å². The summed E-state index contributed by atoms with van der Waals surface area (Å²) >= 11 is 0. The van der Waals surface area contributed by atoms with Crippen molar-refractivity contribution in [2.24, 2.45) is 5.73 Å². The summed E-state index contributed by atoms with van der Waals surface area (Å²) in [5.41, 5.74) is 5.75. The van der Waals surface area contributed by atoms with Crippen LogP contribution >= 0.6 is 0 Å². The third-order valence-electron chi connectivity index (χ3n) is 2.94. The van der Waals surface area contributed by atoms with Gasteiger partial charge >= 0.3 is 0 Å². The van der Waals surface area contributed by atoms with Crippen LogP contribution in [0.1, 0.15) is 31.0 Å². The van der Waals surface area contributed by atoms with Gasteiger partial charge in [-0.05, 0) is 19.4 Å². The van der Waals surface area contributed by atoms with Gasteiger partial charge in [0.25, 0.3) is 0 Å². The second-order valence-electron chi connectivity index (χ2n) is 4.09. The van der Waals surface area contributed by atoms with Crippen LogP contribution in [-0.4, -0.2) is 34.2 Å². The summed E-state index contributed by atoms with van der Waals surface area (Å²) in [5.74, 6) is 1.40. The Hall–Kier alpha value is -0.940. The van der Waals surface area contributed by atoms with Gasteiger partial charge in [0.1, 0.15) is 0 Å². The Morgan fingerprint density at radius 1 is 1.53 bits per heavy atom. The molecule has 1 aliphatic heterocycles. The highest BCUT2D eigenvalue weighted by Crippen LogP contribution is 2.17. The van der Waals surface area contributed by atoms with Crippen LogP contribution in [-0.2, 0) is 6.54 Å². The first-order valence-electron chi connectivity index (χ1n) is 5.53. The molecule has 1 unspecified atom stereocenters. The molecular weight excluding hydrogens is 192 g/mol. The molecule has 5 heteroatoms. The van der Waals surface area contributed by atoms with Crippen molar-refractivity contribution >= 4 is 0 Å². The van der Waals surface area contributed by atoms with Crippen LogP contribution in [0.2, 0.25) is 0 Å². The van der Waals surface area contributed by atoms with Crippen molar-refractivity contribution in [1.82, 2.24) is 15.0 Å². The van der Waals surface area contributed by atoms with E-state index in [1.807, 2.05) is 6.92 Å². The van der Waals surface area contributed by atoms with E-state index in [0.717, 1.165) is 25.5 Å². The van der Waals surface area contributed by atoms with Gasteiger partial charge in [0, 0.05) is 19.5 Å². The van der Waals surface area contributed by atoms with Gasteiger partial charge in [-0.3, -0.25) is 4.90 Å². The molecular formula is C10H18N4O. The summed E-state index contributed by atoms with van der Waals surface area (Å²) in [5, 5.41) is 3.91. The zero-order valence-corrected chi connectivity index (χ0v) is 9.15. The largest absolute Gasteiger partial charge is 0.340 e. The van der Waals surface area contributed by atoms with Crippen molar-refractivity contribution in [3.05, 3.63) is 11.7 Å². The minimum Gasteiger partial charge on any atom is -0.340 e. The summed E-state index contributed by atoms with van der Waals surface area (Å²) in [7, 11) is 0. The second kappa shape index (κ2) is 4.72. The lowest BCUT2D eigenvalue weighted by Crippen LogP contribution is -2.43. The lowest BCUT2D eigenvalue weighted by atomic mass is 10.0. The summed E-state index contributed by atoms with van der Waals surface area (Å²) in [6.07, 6.45) is 3.71. The molecule has 84 valence electrons. The molecule has 15 heavy (non-hydrogen) atoms. The van der Waals surface area contributed by atoms with Gasteiger partial charge in [0.15, 0.2) is 5.82 Å². The van der Waals surface area contributed by atoms with E-state index in [1.54, 1.807) is 0 Å². The van der Waals surface area contributed by atoms with E-state index in [1.165, 1.54) is 19.3 Å². The summed E-state index contributed by atoms with van der Waals surface area (Å²) in [6.45, 7) is 4.39. The quantitative estimate of drug-likeness (QED) is 0.795. The lowest BCUT2D eigenvalue weighted by molar-refractivity contribution is 0.140. The maximum absolute atomic E-state index is 5.75. The fourth-order valence-corrected chi connectivity index (χ4v) is 2.12. The summed E-state index contributed by atoms with van der Waals surface area (Å²) in [6, 6.07) is 0.484. The Labute approximate surface area is 89.6 Å². The van der Waals surface area contributed by atoms with Crippen molar-refractivity contribution in [2.75, 3.05) is 13.1 Å². The Balaban J connectivity index is 1.97. The molecule has 0 bridgehead atoms. The molecule has 2 heterocycles. The fraction of sp³-hybridized carbons (Fsp3) is 0.800. The Kier molecular flexibility index (Phi) is 3.33. The number of hydrogen-bond acceptors (Lipinski definition) is 5. The molecule has 1 atom stereocenters. The SMILES string of the molecule is Cc1nc(CN2CCCCC2CN)no1. The van der Waals surface area contributed by atoms with Gasteiger partial charge in [-0.25, -0.2) is 0 Å². The number of aromatic nitrogens is 2. The smallest absolute Gasteiger partial charge is 0.223 e. The van der Waals surface area contributed by atoms with Crippen molar-refractivity contribution in [1.29, 1.82) is 0 Å². The van der Waals surface area contributed by atoms with E-state index in [0.29, 0.717) is 11.9 Å². The van der Waals surface area contributed by atoms with Crippen molar-refractivity contribution in [3.8, 4) is 0 Å². The topological polar surface area (TPSA) is 68.2 Å². The van der Waals surface area contributed by atoms with E-state index in [9.17, 15) is 0 Å². The molecule has 0 saturated carbocycles. The number of hydrogen-bond donors (Lipinski definition) is 1. The molecule has 2 N–H and O–H groups in total. The van der Waals surface area contributed by atoms with E-state index < -0.39 is 0 Å². The predicted octanol–water partition coefficient (Wildman–Crippen LogP) is 0.691. The third kappa shape index (κ3) is 2.54. The highest BCUT2D eigenvalue weighted by atomic mass is 16.5. The molecule has 0 spiro atoms. The van der Waals surface area contributed by atoms with E-state index in [4.69, 9.17) is 10.3 Å². The summed E-state index contributed by atoms with van der Waals surface area (Å²) < 4.78 is 4.96. The summed E-state index contributed by atoms with van der Waals surface area (Å²) in [4.78, 5) is 6.57. The number of rotatable bonds is 3. The lowest BCUT2D eigenvalue weighted by Gasteiger charge is -2.33. The average Bonchev–Trinajstić information content (AvgIpc) is 2.65. The van der Waals surface area contributed by atoms with Crippen LogP contribution < -0.4 is 5.73 Å². The number of nitrogens with zero attached hydrogens (tertiary/aromatic N) is 3. The molecule has 0 aromatic carbocycles. The molecule has 0 amide bonds. The van der Waals surface area contributed by atoms with Crippen LogP contribution in [0, 0.1) is 6.92 Å². The average molecular weight is 210 g/mol. The molecule has 0 radical (unpaired) electrons. The van der Waals surface area contributed by atoms with E-state index in [-0.39, 0.29) is 0 Å². The minimum absolute atomic E-state index is 0.484. The molecule has 1 aromatic heterocycles. The molecule has 1 aromatic rings. The highest BCUT2D eigenvalue weighted by molar-refractivity contribution is 4.87. The maximum Gasteiger partial charge on any atom is 0.223 e. The molecule has 5 nitrogen and oxygen atoms in total. The normalized spacial score (nSPS) is 23.2. The zero-order valence-electron chi connectivity index (χ0n) is 9.15. The van der Waals surface area contributed by atoms with Crippen molar-refractivity contribution in [3.63, 3.8) is 0 Å². The van der Waals surface area contributed by atoms with Crippen molar-refractivity contribution in [2.45, 2.75) is 38.8 Å². The monoisotopic (exact) mass is 210 g/mol. The van der Waals surface area contributed by atoms with Gasteiger partial charge in [-0.15, -0.1) is 0 Å². The van der Waals surface area contributed by atoms with Crippen LogP contribution in [0.15, 0.2) is 4.52 Å². The van der Waals surface area contributed by atoms with Gasteiger partial charge in [0.2, 0.25) is 5.89 Å². The first-order valence-corrected chi connectivity index (χ1v) is 5.53. The maximum atomic E-state index is 5.75. The predicted molar refractivity (Wildman–Crippen MR) is 56.1 cm³/mol. The standard InChI is InChI=1S/C10H18N4O/c1-8-12-10(13-15-8)7-14-5-3-2-4-9(14)6-11/h9H,2-7,11H2,1H3. The fourth-order valence-electron chi connectivity index (χ4n) is 2.12. The molecule has 1 aliphatic rings.